The lowest BCUT2D eigenvalue weighted by atomic mass is 9.82. The number of aromatic hydroxyl groups is 1. The van der Waals surface area contributed by atoms with Crippen molar-refractivity contribution in [2.75, 3.05) is 0 Å². The molecule has 0 radical (unpaired) electrons. The van der Waals surface area contributed by atoms with E-state index in [0.717, 1.165) is 53.9 Å². The summed E-state index contributed by atoms with van der Waals surface area (Å²) in [6.07, 6.45) is -2.01. The van der Waals surface area contributed by atoms with Gasteiger partial charge in [0.25, 0.3) is 0 Å². The molecule has 4 nitrogen and oxygen atoms in total. The molecule has 9 heteroatoms. The first-order valence-electron chi connectivity index (χ1n) is 8.82. The summed E-state index contributed by atoms with van der Waals surface area (Å²) >= 11 is 6.96. The van der Waals surface area contributed by atoms with Crippen molar-refractivity contribution >= 4 is 22.9 Å². The number of hydrogen-bond donors (Lipinski definition) is 2. The first-order chi connectivity index (χ1) is 13.7. The lowest BCUT2D eigenvalue weighted by molar-refractivity contribution is -0.137. The van der Waals surface area contributed by atoms with E-state index in [1.165, 1.54) is 6.07 Å². The molecule has 0 bridgehead atoms. The lowest BCUT2D eigenvalue weighted by Gasteiger charge is -2.25. The van der Waals surface area contributed by atoms with E-state index in [-0.39, 0.29) is 27.4 Å². The summed E-state index contributed by atoms with van der Waals surface area (Å²) < 4.78 is 44.1. The van der Waals surface area contributed by atoms with Crippen LogP contribution in [0.15, 0.2) is 41.2 Å². The van der Waals surface area contributed by atoms with Crippen molar-refractivity contribution in [3.05, 3.63) is 72.7 Å². The van der Waals surface area contributed by atoms with Gasteiger partial charge in [-0.1, -0.05) is 29.0 Å². The third-order valence-corrected chi connectivity index (χ3v) is 6.17. The Morgan fingerprint density at radius 2 is 2.00 bits per heavy atom. The van der Waals surface area contributed by atoms with Crippen LogP contribution in [0.2, 0.25) is 5.02 Å². The number of thiazole rings is 1. The second-order valence-electron chi connectivity index (χ2n) is 6.78. The molecule has 0 saturated carbocycles. The Kier molecular flexibility index (Phi) is 5.08. The maximum Gasteiger partial charge on any atom is 0.416 e. The molecule has 0 unspecified atom stereocenters. The Hall–Kier alpha value is -2.45. The topological polar surface area (TPSA) is 62.3 Å². The molecule has 1 atom stereocenters. The average Bonchev–Trinajstić information content (AvgIpc) is 3.00. The van der Waals surface area contributed by atoms with Crippen LogP contribution in [0, 0.1) is 0 Å². The van der Waals surface area contributed by atoms with Gasteiger partial charge in [-0.15, -0.1) is 0 Å². The summed E-state index contributed by atoms with van der Waals surface area (Å²) in [7, 11) is 0. The van der Waals surface area contributed by atoms with Gasteiger partial charge < -0.3 is 9.84 Å². The highest BCUT2D eigenvalue weighted by Gasteiger charge is 2.31. The van der Waals surface area contributed by atoms with Crippen LogP contribution in [0.5, 0.6) is 17.4 Å². The second-order valence-corrected chi connectivity index (χ2v) is 8.20. The van der Waals surface area contributed by atoms with Gasteiger partial charge in [0.2, 0.25) is 5.88 Å². The van der Waals surface area contributed by atoms with Crippen LogP contribution in [0.3, 0.4) is 0 Å². The van der Waals surface area contributed by atoms with E-state index in [0.29, 0.717) is 10.6 Å². The van der Waals surface area contributed by atoms with Gasteiger partial charge in [-0.25, -0.2) is 0 Å². The molecule has 0 amide bonds. The van der Waals surface area contributed by atoms with Crippen LogP contribution in [-0.2, 0) is 12.6 Å². The molecule has 1 aromatic heterocycles. The first kappa shape index (κ1) is 19.8. The van der Waals surface area contributed by atoms with Gasteiger partial charge in [0.15, 0.2) is 0 Å². The van der Waals surface area contributed by atoms with Crippen LogP contribution >= 0.6 is 22.9 Å². The van der Waals surface area contributed by atoms with Crippen molar-refractivity contribution in [1.29, 1.82) is 0 Å². The summed E-state index contributed by atoms with van der Waals surface area (Å²) in [5.74, 6) is 0.395. The van der Waals surface area contributed by atoms with Crippen LogP contribution in [0.4, 0.5) is 13.2 Å². The summed E-state index contributed by atoms with van der Waals surface area (Å²) in [6, 6.07) is 8.34. The molecule has 1 heterocycles. The summed E-state index contributed by atoms with van der Waals surface area (Å²) in [6.45, 7) is 0. The number of benzene rings is 2. The van der Waals surface area contributed by atoms with E-state index in [4.69, 9.17) is 16.3 Å². The van der Waals surface area contributed by atoms with Gasteiger partial charge in [-0.05, 0) is 60.7 Å². The molecular weight excluding hydrogens is 427 g/mol. The summed E-state index contributed by atoms with van der Waals surface area (Å²) in [5, 5.41) is 9.88. The number of ether oxygens (including phenoxy) is 1. The summed E-state index contributed by atoms with van der Waals surface area (Å²) in [5.41, 5.74) is 1.16. The average molecular weight is 442 g/mol. The molecule has 0 fully saturated rings. The molecule has 4 rings (SSSR count). The van der Waals surface area contributed by atoms with Crippen molar-refractivity contribution < 1.29 is 23.0 Å². The normalized spacial score (nSPS) is 16.5. The van der Waals surface area contributed by atoms with Crippen LogP contribution in [0.1, 0.15) is 40.3 Å². The fourth-order valence-electron chi connectivity index (χ4n) is 3.58. The number of alkyl halides is 3. The quantitative estimate of drug-likeness (QED) is 0.518. The van der Waals surface area contributed by atoms with E-state index in [1.807, 2.05) is 12.1 Å². The molecular formula is C20H15ClF3NO3S. The maximum atomic E-state index is 12.8. The third kappa shape index (κ3) is 4.00. The highest BCUT2D eigenvalue weighted by atomic mass is 35.5. The Morgan fingerprint density at radius 3 is 2.66 bits per heavy atom. The van der Waals surface area contributed by atoms with Gasteiger partial charge >= 0.3 is 11.0 Å². The molecule has 1 aliphatic rings. The van der Waals surface area contributed by atoms with Crippen LogP contribution in [-0.4, -0.2) is 10.1 Å². The number of aromatic nitrogens is 1. The first-order valence-corrected chi connectivity index (χ1v) is 10.0. The molecule has 3 aromatic rings. The van der Waals surface area contributed by atoms with Crippen LogP contribution in [0.25, 0.3) is 0 Å². The Morgan fingerprint density at radius 1 is 1.21 bits per heavy atom. The number of fused-ring (bicyclic) bond motifs is 1. The fraction of sp³-hybridized carbons (Fsp3) is 0.250. The predicted octanol–water partition coefficient (Wildman–Crippen LogP) is 6.07. The number of aromatic amines is 1. The van der Waals surface area contributed by atoms with Crippen molar-refractivity contribution in [2.24, 2.45) is 0 Å². The summed E-state index contributed by atoms with van der Waals surface area (Å²) in [4.78, 5) is 14.2. The van der Waals surface area contributed by atoms with E-state index >= 15 is 0 Å². The minimum absolute atomic E-state index is 0.0913. The smallest absolute Gasteiger partial charge is 0.416 e. The van der Waals surface area contributed by atoms with Crippen molar-refractivity contribution in [2.45, 2.75) is 31.4 Å². The Bertz CT molecular complexity index is 1120. The predicted molar refractivity (Wildman–Crippen MR) is 104 cm³/mol. The van der Waals surface area contributed by atoms with Gasteiger partial charge in [0, 0.05) is 5.92 Å². The van der Waals surface area contributed by atoms with Crippen molar-refractivity contribution in [3.63, 3.8) is 0 Å². The Labute approximate surface area is 172 Å². The molecule has 29 heavy (non-hydrogen) atoms. The lowest BCUT2D eigenvalue weighted by Crippen LogP contribution is -2.10. The number of rotatable bonds is 3. The zero-order valence-corrected chi connectivity index (χ0v) is 16.4. The fourth-order valence-corrected chi connectivity index (χ4v) is 4.68. The highest BCUT2D eigenvalue weighted by molar-refractivity contribution is 7.09. The molecule has 1 aliphatic carbocycles. The zero-order chi connectivity index (χ0) is 20.8. The number of H-pyrrole nitrogens is 1. The van der Waals surface area contributed by atoms with E-state index in [2.05, 4.69) is 4.98 Å². The molecule has 2 N–H and O–H groups in total. The van der Waals surface area contributed by atoms with E-state index < -0.39 is 11.7 Å². The largest absolute Gasteiger partial charge is 0.494 e. The van der Waals surface area contributed by atoms with Crippen molar-refractivity contribution in [3.8, 4) is 17.4 Å². The second kappa shape index (κ2) is 7.42. The van der Waals surface area contributed by atoms with Gasteiger partial charge in [-0.2, -0.15) is 13.2 Å². The maximum absolute atomic E-state index is 12.8. The number of hydrogen-bond acceptors (Lipinski definition) is 4. The SMILES string of the molecule is O=c1[nH]c(O)c([C@@H]2CCCc3cc(Oc4ccc(C(F)(F)F)cc4Cl)ccc32)s1. The third-order valence-electron chi connectivity index (χ3n) is 4.89. The number of halogens is 4. The minimum atomic E-state index is -4.47. The van der Waals surface area contributed by atoms with Gasteiger partial charge in [0.05, 0.1) is 15.5 Å². The molecule has 0 saturated heterocycles. The van der Waals surface area contributed by atoms with E-state index in [1.54, 1.807) is 6.07 Å². The van der Waals surface area contributed by atoms with Crippen LogP contribution < -0.4 is 9.61 Å². The van der Waals surface area contributed by atoms with Crippen molar-refractivity contribution in [1.82, 2.24) is 4.98 Å². The minimum Gasteiger partial charge on any atom is -0.494 e. The highest BCUT2D eigenvalue weighted by Crippen LogP contribution is 2.43. The zero-order valence-electron chi connectivity index (χ0n) is 14.8. The standard InChI is InChI=1S/C20H15ClF3NO3S/c21-15-9-11(20(22,23)24)4-7-16(15)28-12-5-6-13-10(8-12)2-1-3-14(13)17-18(26)25-19(27)29-17/h4-9,14,26H,1-3H2,(H,25,27)/t14-/m1/s1. The molecule has 2 aromatic carbocycles. The van der Waals surface area contributed by atoms with Gasteiger partial charge in [-0.3, -0.25) is 9.78 Å². The van der Waals surface area contributed by atoms with Gasteiger partial charge in [0.1, 0.15) is 11.5 Å². The monoisotopic (exact) mass is 441 g/mol. The molecule has 0 spiro atoms. The van der Waals surface area contributed by atoms with E-state index in [9.17, 15) is 23.1 Å². The number of nitrogens with one attached hydrogen (secondary N) is 1. The number of aryl methyl sites for hydroxylation is 1. The molecule has 0 aliphatic heterocycles. The Balaban J connectivity index is 1.62. The molecule has 152 valence electrons.